The van der Waals surface area contributed by atoms with Crippen LogP contribution in [0.5, 0.6) is 5.75 Å². The van der Waals surface area contributed by atoms with Gasteiger partial charge in [-0.15, -0.1) is 6.42 Å². The van der Waals surface area contributed by atoms with Gasteiger partial charge in [-0.1, -0.05) is 24.1 Å². The van der Waals surface area contributed by atoms with Gasteiger partial charge in [0.15, 0.2) is 0 Å². The van der Waals surface area contributed by atoms with Crippen LogP contribution in [0.1, 0.15) is 16.7 Å². The number of hydrogen-bond donors (Lipinski definition) is 1. The lowest BCUT2D eigenvalue weighted by Crippen LogP contribution is -2.54. The number of barbiturate groups is 1. The maximum Gasteiger partial charge on any atom is 0.335 e. The van der Waals surface area contributed by atoms with Crippen LogP contribution in [0.4, 0.5) is 10.5 Å². The highest BCUT2D eigenvalue weighted by atomic mass is 16.5. The molecule has 28 heavy (non-hydrogen) atoms. The lowest BCUT2D eigenvalue weighted by Gasteiger charge is -2.26. The van der Waals surface area contributed by atoms with Crippen LogP contribution in [-0.4, -0.2) is 24.5 Å². The Morgan fingerprint density at radius 2 is 1.79 bits per heavy atom. The Kier molecular flexibility index (Phi) is 5.28. The van der Waals surface area contributed by atoms with Gasteiger partial charge in [-0.05, 0) is 60.9 Å². The van der Waals surface area contributed by atoms with E-state index < -0.39 is 17.8 Å². The molecule has 3 rings (SSSR count). The molecule has 140 valence electrons. The van der Waals surface area contributed by atoms with Crippen LogP contribution in [0.3, 0.4) is 0 Å². The Hall–Kier alpha value is -3.85. The molecule has 0 radical (unpaired) electrons. The van der Waals surface area contributed by atoms with E-state index in [9.17, 15) is 14.4 Å². The third kappa shape index (κ3) is 3.79. The largest absolute Gasteiger partial charge is 0.481 e. The number of ether oxygens (including phenoxy) is 1. The summed E-state index contributed by atoms with van der Waals surface area (Å²) in [7, 11) is 0. The Morgan fingerprint density at radius 1 is 1.07 bits per heavy atom. The van der Waals surface area contributed by atoms with Crippen molar-refractivity contribution in [3.8, 4) is 18.1 Å². The molecular formula is C22H18N2O4. The van der Waals surface area contributed by atoms with Gasteiger partial charge in [-0.2, -0.15) is 0 Å². The molecule has 0 saturated carbocycles. The molecule has 1 fully saturated rings. The normalized spacial score (nSPS) is 15.4. The minimum atomic E-state index is -0.770. The molecule has 6 heteroatoms. The first-order chi connectivity index (χ1) is 13.4. The first kappa shape index (κ1) is 18.9. The van der Waals surface area contributed by atoms with Gasteiger partial charge in [0.05, 0.1) is 5.69 Å². The fourth-order valence-corrected chi connectivity index (χ4v) is 2.71. The number of imide groups is 2. The van der Waals surface area contributed by atoms with Gasteiger partial charge in [0, 0.05) is 0 Å². The number of nitrogens with zero attached hydrogens (tertiary/aromatic N) is 1. The zero-order chi connectivity index (χ0) is 20.3. The number of rotatable bonds is 4. The topological polar surface area (TPSA) is 75.7 Å². The number of amides is 4. The van der Waals surface area contributed by atoms with Crippen molar-refractivity contribution >= 4 is 29.6 Å². The third-order valence-corrected chi connectivity index (χ3v) is 4.36. The minimum Gasteiger partial charge on any atom is -0.481 e. The highest BCUT2D eigenvalue weighted by Crippen LogP contribution is 2.24. The molecule has 0 aromatic heterocycles. The van der Waals surface area contributed by atoms with Crippen molar-refractivity contribution in [3.63, 3.8) is 0 Å². The van der Waals surface area contributed by atoms with Crippen LogP contribution in [0.15, 0.2) is 48.0 Å². The Labute approximate surface area is 162 Å². The van der Waals surface area contributed by atoms with Crippen LogP contribution < -0.4 is 15.0 Å². The van der Waals surface area contributed by atoms with Crippen molar-refractivity contribution in [3.05, 3.63) is 64.7 Å². The standard InChI is InChI=1S/C22H18N2O4/c1-4-11-28-18-9-6-16(7-10-18)13-19-20(25)23-22(27)24(21(19)26)17-8-5-14(2)15(3)12-17/h1,5-10,12-13H,11H2,2-3H3,(H,23,25,27)/b19-13+. The molecule has 2 aromatic carbocycles. The zero-order valence-electron chi connectivity index (χ0n) is 15.5. The quantitative estimate of drug-likeness (QED) is 0.507. The molecule has 1 heterocycles. The van der Waals surface area contributed by atoms with Crippen LogP contribution in [0, 0.1) is 26.2 Å². The third-order valence-electron chi connectivity index (χ3n) is 4.36. The molecule has 1 aliphatic rings. The van der Waals surface area contributed by atoms with Crippen molar-refractivity contribution in [1.29, 1.82) is 0 Å². The summed E-state index contributed by atoms with van der Waals surface area (Å²) in [6, 6.07) is 11.2. The van der Waals surface area contributed by atoms with Gasteiger partial charge in [-0.25, -0.2) is 9.69 Å². The zero-order valence-corrected chi connectivity index (χ0v) is 15.5. The maximum absolute atomic E-state index is 12.9. The molecule has 1 N–H and O–H groups in total. The monoisotopic (exact) mass is 374 g/mol. The van der Waals surface area contributed by atoms with Gasteiger partial charge in [0.2, 0.25) is 0 Å². The van der Waals surface area contributed by atoms with E-state index in [4.69, 9.17) is 11.2 Å². The first-order valence-electron chi connectivity index (χ1n) is 8.55. The number of carbonyl (C=O) groups is 3. The molecule has 4 amide bonds. The van der Waals surface area contributed by atoms with Crippen molar-refractivity contribution in [2.75, 3.05) is 11.5 Å². The molecule has 0 atom stereocenters. The number of aryl methyl sites for hydroxylation is 2. The van der Waals surface area contributed by atoms with Gasteiger partial charge < -0.3 is 4.74 Å². The molecule has 0 bridgehead atoms. The van der Waals surface area contributed by atoms with E-state index in [-0.39, 0.29) is 12.2 Å². The van der Waals surface area contributed by atoms with Gasteiger partial charge in [0.1, 0.15) is 17.9 Å². The number of carbonyl (C=O) groups excluding carboxylic acids is 3. The summed E-state index contributed by atoms with van der Waals surface area (Å²) in [6.45, 7) is 3.97. The number of anilines is 1. The average molecular weight is 374 g/mol. The molecular weight excluding hydrogens is 356 g/mol. The number of benzene rings is 2. The molecule has 0 aliphatic carbocycles. The lowest BCUT2D eigenvalue weighted by molar-refractivity contribution is -0.122. The summed E-state index contributed by atoms with van der Waals surface area (Å²) >= 11 is 0. The van der Waals surface area contributed by atoms with Gasteiger partial charge in [-0.3, -0.25) is 14.9 Å². The molecule has 2 aromatic rings. The van der Waals surface area contributed by atoms with Crippen LogP contribution in [-0.2, 0) is 9.59 Å². The van der Waals surface area contributed by atoms with Crippen molar-refractivity contribution in [2.24, 2.45) is 0 Å². The van der Waals surface area contributed by atoms with Crippen LogP contribution >= 0.6 is 0 Å². The highest BCUT2D eigenvalue weighted by Gasteiger charge is 2.36. The van der Waals surface area contributed by atoms with E-state index in [1.165, 1.54) is 6.08 Å². The Bertz CT molecular complexity index is 1030. The molecule has 1 aliphatic heterocycles. The predicted octanol–water partition coefficient (Wildman–Crippen LogP) is 2.98. The van der Waals surface area contributed by atoms with Crippen molar-refractivity contribution in [2.45, 2.75) is 13.8 Å². The van der Waals surface area contributed by atoms with E-state index in [0.717, 1.165) is 16.0 Å². The molecule has 1 saturated heterocycles. The summed E-state index contributed by atoms with van der Waals surface area (Å²) in [5.74, 6) is 1.54. The number of hydrogen-bond acceptors (Lipinski definition) is 4. The summed E-state index contributed by atoms with van der Waals surface area (Å²) in [6.07, 6.45) is 6.59. The second kappa shape index (κ2) is 7.80. The summed E-state index contributed by atoms with van der Waals surface area (Å²) in [5, 5.41) is 2.21. The predicted molar refractivity (Wildman–Crippen MR) is 106 cm³/mol. The van der Waals surface area contributed by atoms with Crippen molar-refractivity contribution in [1.82, 2.24) is 5.32 Å². The van der Waals surface area contributed by atoms with E-state index in [2.05, 4.69) is 11.2 Å². The fourth-order valence-electron chi connectivity index (χ4n) is 2.71. The summed E-state index contributed by atoms with van der Waals surface area (Å²) < 4.78 is 5.30. The highest BCUT2D eigenvalue weighted by molar-refractivity contribution is 6.39. The van der Waals surface area contributed by atoms with Crippen LogP contribution in [0.2, 0.25) is 0 Å². The fraction of sp³-hybridized carbons (Fsp3) is 0.136. The van der Waals surface area contributed by atoms with E-state index >= 15 is 0 Å². The maximum atomic E-state index is 12.9. The average Bonchev–Trinajstić information content (AvgIpc) is 2.67. The van der Waals surface area contributed by atoms with E-state index in [1.54, 1.807) is 36.4 Å². The summed E-state index contributed by atoms with van der Waals surface area (Å²) in [4.78, 5) is 38.3. The second-order valence-corrected chi connectivity index (χ2v) is 6.29. The van der Waals surface area contributed by atoms with Crippen molar-refractivity contribution < 1.29 is 19.1 Å². The SMILES string of the molecule is C#CCOc1ccc(/C=C2\C(=O)NC(=O)N(c3ccc(C)c(C)c3)C2=O)cc1. The van der Waals surface area contributed by atoms with E-state index in [1.807, 2.05) is 19.9 Å². The number of nitrogens with one attached hydrogen (secondary N) is 1. The molecule has 6 nitrogen and oxygen atoms in total. The van der Waals surface area contributed by atoms with Crippen LogP contribution in [0.25, 0.3) is 6.08 Å². The molecule has 0 spiro atoms. The first-order valence-corrected chi connectivity index (χ1v) is 8.55. The number of urea groups is 1. The second-order valence-electron chi connectivity index (χ2n) is 6.29. The smallest absolute Gasteiger partial charge is 0.335 e. The Balaban J connectivity index is 1.92. The Morgan fingerprint density at radius 3 is 2.43 bits per heavy atom. The summed E-state index contributed by atoms with van der Waals surface area (Å²) in [5.41, 5.74) is 2.86. The lowest BCUT2D eigenvalue weighted by atomic mass is 10.1. The van der Waals surface area contributed by atoms with Gasteiger partial charge in [0.25, 0.3) is 11.8 Å². The molecule has 0 unspecified atom stereocenters. The number of terminal acetylenes is 1. The van der Waals surface area contributed by atoms with Gasteiger partial charge >= 0.3 is 6.03 Å². The minimum absolute atomic E-state index is 0.130. The van der Waals surface area contributed by atoms with E-state index in [0.29, 0.717) is 17.0 Å².